The first-order chi connectivity index (χ1) is 30.2. The van der Waals surface area contributed by atoms with Gasteiger partial charge in [-0.05, 0) is 85.8 Å². The van der Waals surface area contributed by atoms with Gasteiger partial charge in [0, 0.05) is 37.7 Å². The molecule has 3 aromatic rings. The highest BCUT2D eigenvalue weighted by Crippen LogP contribution is 2.40. The molecule has 63 heavy (non-hydrogen) atoms. The molecule has 0 saturated heterocycles. The van der Waals surface area contributed by atoms with Crippen molar-refractivity contribution in [2.24, 2.45) is 17.2 Å². The third kappa shape index (κ3) is 15.0. The summed E-state index contributed by atoms with van der Waals surface area (Å²) in [6.45, 7) is 7.65. The molecule has 0 aliphatic carbocycles. The van der Waals surface area contributed by atoms with E-state index in [1.54, 1.807) is 49.4 Å². The summed E-state index contributed by atoms with van der Waals surface area (Å²) in [5.74, 6) is -3.50. The number of nitrogens with one attached hydrogen (secondary N) is 4. The maximum Gasteiger partial charge on any atom is 0.254 e. The van der Waals surface area contributed by atoms with Gasteiger partial charge < -0.3 is 52.8 Å². The minimum atomic E-state index is -1.38. The summed E-state index contributed by atoms with van der Waals surface area (Å²) in [7, 11) is 1.37. The molecule has 1 aliphatic rings. The Morgan fingerprint density at radius 2 is 1.52 bits per heavy atom. The van der Waals surface area contributed by atoms with Crippen LogP contribution in [0.25, 0.3) is 11.1 Å². The Morgan fingerprint density at radius 3 is 2.14 bits per heavy atom. The van der Waals surface area contributed by atoms with Crippen LogP contribution in [0.1, 0.15) is 91.5 Å². The zero-order valence-corrected chi connectivity index (χ0v) is 37.1. The quantitative estimate of drug-likeness (QED) is 0.0722. The van der Waals surface area contributed by atoms with Gasteiger partial charge in [0.15, 0.2) is 0 Å². The Labute approximate surface area is 369 Å². The third-order valence-electron chi connectivity index (χ3n) is 10.1. The lowest BCUT2D eigenvalue weighted by atomic mass is 9.93. The van der Waals surface area contributed by atoms with Crippen molar-refractivity contribution < 1.29 is 37.8 Å². The number of aryl methyl sites for hydroxylation is 2. The standard InChI is InChI=1S/C44H57FN8O7.C2H7N/c1-5-6-7-8-9-10-29-21-27(2)39(34(45)23-29)43(57)50-26-38(54)53(4)40-31-12-14-37(60-20-17-48)33(25-31)32-22-30(11-13-36(32)59-19-16-47)24-35(42(56)49-18-15-46)52-41(55)28(3)51-44(40)58;1-2-3/h11-14,21-23,25,28,35,40H,5-10,16-20,24,26,47-48H2,1-4H3,(H,49,56)(H,50,57)(H,51,58)(H,52,55);2-3H2,1H3/t28-,35?,40?;/m0./s1. The zero-order valence-electron chi connectivity index (χ0n) is 37.1. The number of hydrogen-bond donors (Lipinski definition) is 7. The van der Waals surface area contributed by atoms with E-state index in [0.29, 0.717) is 45.7 Å². The highest BCUT2D eigenvalue weighted by atomic mass is 19.1. The van der Waals surface area contributed by atoms with Gasteiger partial charge in [0.25, 0.3) is 5.91 Å². The summed E-state index contributed by atoms with van der Waals surface area (Å²) in [5.41, 5.74) is 19.3. The number of hydrogen-bond acceptors (Lipinski definition) is 11. The van der Waals surface area contributed by atoms with Crippen LogP contribution >= 0.6 is 0 Å². The minimum absolute atomic E-state index is 0.00476. The van der Waals surface area contributed by atoms with Gasteiger partial charge in [-0.2, -0.15) is 5.26 Å². The molecule has 4 rings (SSSR count). The van der Waals surface area contributed by atoms with Gasteiger partial charge in [-0.1, -0.05) is 57.7 Å². The largest absolute Gasteiger partial charge is 0.492 e. The van der Waals surface area contributed by atoms with Crippen LogP contribution in [-0.2, 0) is 32.0 Å². The lowest BCUT2D eigenvalue weighted by molar-refractivity contribution is -0.139. The summed E-state index contributed by atoms with van der Waals surface area (Å²) in [6.07, 6.45) is 6.01. The summed E-state index contributed by atoms with van der Waals surface area (Å²) in [4.78, 5) is 69.4. The molecule has 10 N–H and O–H groups in total. The van der Waals surface area contributed by atoms with Crippen LogP contribution in [0.4, 0.5) is 4.39 Å². The number of halogens is 1. The molecule has 0 aromatic heterocycles. The Hall–Kier alpha value is -6.09. The van der Waals surface area contributed by atoms with E-state index in [4.69, 9.17) is 31.9 Å². The molecule has 0 radical (unpaired) electrons. The average molecular weight is 874 g/mol. The third-order valence-corrected chi connectivity index (χ3v) is 10.1. The minimum Gasteiger partial charge on any atom is -0.492 e. The number of nitrogens with two attached hydrogens (primary N) is 3. The van der Waals surface area contributed by atoms with E-state index in [1.807, 2.05) is 13.0 Å². The Kier molecular flexibility index (Phi) is 21.5. The predicted molar refractivity (Wildman–Crippen MR) is 239 cm³/mol. The highest BCUT2D eigenvalue weighted by Gasteiger charge is 2.34. The molecule has 5 amide bonds. The highest BCUT2D eigenvalue weighted by molar-refractivity contribution is 5.99. The molecule has 1 aliphatic heterocycles. The number of ether oxygens (including phenoxy) is 2. The fourth-order valence-corrected chi connectivity index (χ4v) is 7.03. The molecule has 2 unspecified atom stereocenters. The number of fused-ring (bicyclic) bond motifs is 5. The number of carbonyl (C=O) groups excluding carboxylic acids is 5. The molecule has 1 heterocycles. The summed E-state index contributed by atoms with van der Waals surface area (Å²) in [6, 6.07) is 11.3. The monoisotopic (exact) mass is 873 g/mol. The van der Waals surface area contributed by atoms with E-state index in [9.17, 15) is 24.0 Å². The molecule has 0 fully saturated rings. The predicted octanol–water partition coefficient (Wildman–Crippen LogP) is 3.07. The number of nitriles is 1. The first-order valence-corrected chi connectivity index (χ1v) is 21.5. The number of carbonyl (C=O) groups is 5. The molecule has 17 heteroatoms. The fraction of sp³-hybridized carbons (Fsp3) is 0.478. The van der Waals surface area contributed by atoms with Crippen molar-refractivity contribution in [1.82, 2.24) is 26.2 Å². The molecule has 16 nitrogen and oxygen atoms in total. The zero-order chi connectivity index (χ0) is 46.5. The van der Waals surface area contributed by atoms with Crippen molar-refractivity contribution in [3.8, 4) is 28.7 Å². The lowest BCUT2D eigenvalue weighted by Gasteiger charge is -2.30. The van der Waals surface area contributed by atoms with Gasteiger partial charge in [-0.25, -0.2) is 4.39 Å². The van der Waals surface area contributed by atoms with E-state index in [-0.39, 0.29) is 44.8 Å². The van der Waals surface area contributed by atoms with Crippen LogP contribution < -0.4 is 47.9 Å². The van der Waals surface area contributed by atoms with Crippen molar-refractivity contribution in [2.45, 2.75) is 90.8 Å². The summed E-state index contributed by atoms with van der Waals surface area (Å²) >= 11 is 0. The van der Waals surface area contributed by atoms with Crippen LogP contribution in [0.15, 0.2) is 48.5 Å². The van der Waals surface area contributed by atoms with Crippen molar-refractivity contribution >= 4 is 29.5 Å². The summed E-state index contributed by atoms with van der Waals surface area (Å²) < 4.78 is 27.4. The van der Waals surface area contributed by atoms with Crippen molar-refractivity contribution in [3.63, 3.8) is 0 Å². The Balaban J connectivity index is 0.00000342. The first-order valence-electron chi connectivity index (χ1n) is 21.5. The number of rotatable bonds is 18. The topological polar surface area (TPSA) is 257 Å². The van der Waals surface area contributed by atoms with Gasteiger partial charge in [-0.15, -0.1) is 0 Å². The van der Waals surface area contributed by atoms with E-state index in [2.05, 4.69) is 28.2 Å². The Morgan fingerprint density at radius 1 is 0.889 bits per heavy atom. The van der Waals surface area contributed by atoms with Crippen molar-refractivity contribution in [3.05, 3.63) is 82.2 Å². The van der Waals surface area contributed by atoms with Crippen LogP contribution in [-0.4, -0.2) is 99.5 Å². The molecule has 0 saturated carbocycles. The maximum absolute atomic E-state index is 15.4. The van der Waals surface area contributed by atoms with Gasteiger partial charge in [-0.3, -0.25) is 24.0 Å². The van der Waals surface area contributed by atoms with Crippen LogP contribution in [0, 0.1) is 24.1 Å². The SMILES string of the molecule is CCCCCCCc1cc(C)c(C(=O)NCC(=O)N(C)C2C(=O)N[C@@H](C)C(=O)NC(C(=O)NCC#N)Cc3ccc(OCCN)c(c3)-c3cc2ccc3OCCN)c(F)c1.CCN. The normalized spacial score (nSPS) is 15.8. The number of likely N-dealkylation sites (N-methyl/N-ethyl adjacent to an activating group) is 1. The smallest absolute Gasteiger partial charge is 0.254 e. The van der Waals surface area contributed by atoms with Gasteiger partial charge in [0.2, 0.25) is 23.6 Å². The molecule has 4 bridgehead atoms. The van der Waals surface area contributed by atoms with E-state index in [1.165, 1.54) is 20.0 Å². The van der Waals surface area contributed by atoms with Gasteiger partial charge >= 0.3 is 0 Å². The number of benzene rings is 3. The first kappa shape index (κ1) is 51.3. The van der Waals surface area contributed by atoms with Gasteiger partial charge in [0.05, 0.1) is 18.2 Å². The maximum atomic E-state index is 15.4. The second kappa shape index (κ2) is 26.4. The van der Waals surface area contributed by atoms with Crippen LogP contribution in [0.5, 0.6) is 11.5 Å². The molecule has 3 aromatic carbocycles. The van der Waals surface area contributed by atoms with Crippen molar-refractivity contribution in [2.75, 3.05) is 53.0 Å². The van der Waals surface area contributed by atoms with Crippen LogP contribution in [0.3, 0.4) is 0 Å². The lowest BCUT2D eigenvalue weighted by Crippen LogP contribution is -2.55. The van der Waals surface area contributed by atoms with Crippen LogP contribution in [0.2, 0.25) is 0 Å². The number of unbranched alkanes of at least 4 members (excludes halogenated alkanes) is 4. The van der Waals surface area contributed by atoms with Gasteiger partial charge in [0.1, 0.15) is 55.2 Å². The fourth-order valence-electron chi connectivity index (χ4n) is 7.03. The molecular weight excluding hydrogens is 810 g/mol. The number of nitrogens with zero attached hydrogens (tertiary/aromatic N) is 2. The molecule has 3 atom stereocenters. The molecule has 342 valence electrons. The van der Waals surface area contributed by atoms with E-state index < -0.39 is 60.0 Å². The summed E-state index contributed by atoms with van der Waals surface area (Å²) in [5, 5.41) is 19.4. The average Bonchev–Trinajstić information content (AvgIpc) is 3.25. The number of amides is 5. The molecular formula is C46H64FN9O7. The molecule has 0 spiro atoms. The second-order valence-electron chi connectivity index (χ2n) is 15.2. The van der Waals surface area contributed by atoms with Crippen molar-refractivity contribution in [1.29, 1.82) is 5.26 Å². The Bertz CT molecular complexity index is 2050. The van der Waals surface area contributed by atoms with E-state index in [0.717, 1.165) is 49.1 Å². The second-order valence-corrected chi connectivity index (χ2v) is 15.2. The van der Waals surface area contributed by atoms with E-state index >= 15 is 4.39 Å².